The van der Waals surface area contributed by atoms with Crippen LogP contribution >= 0.6 is 0 Å². The van der Waals surface area contributed by atoms with Gasteiger partial charge in [-0.05, 0) is 63.4 Å². The summed E-state index contributed by atoms with van der Waals surface area (Å²) in [6, 6.07) is 5.20. The maximum Gasteiger partial charge on any atom is 0.321 e. The van der Waals surface area contributed by atoms with Gasteiger partial charge < -0.3 is 15.1 Å². The van der Waals surface area contributed by atoms with Crippen molar-refractivity contribution < 1.29 is 9.18 Å². The van der Waals surface area contributed by atoms with Crippen LogP contribution in [0.2, 0.25) is 0 Å². The standard InChI is InChI=1S/C19H30FN3O/c1-14(2)7-10-22(4)17-8-11-23(12-9-17)19(24)21-16-6-5-15(3)18(20)13-16/h5-6,13-14,17H,7-12H2,1-4H3,(H,21,24). The van der Waals surface area contributed by atoms with Crippen LogP contribution in [-0.4, -0.2) is 48.6 Å². The molecule has 1 aromatic rings. The number of rotatable bonds is 5. The maximum absolute atomic E-state index is 13.6. The molecule has 1 aliphatic rings. The molecule has 1 heterocycles. The summed E-state index contributed by atoms with van der Waals surface area (Å²) in [7, 11) is 2.18. The minimum Gasteiger partial charge on any atom is -0.324 e. The minimum absolute atomic E-state index is 0.137. The topological polar surface area (TPSA) is 35.6 Å². The summed E-state index contributed by atoms with van der Waals surface area (Å²) >= 11 is 0. The highest BCUT2D eigenvalue weighted by Gasteiger charge is 2.25. The average Bonchev–Trinajstić information content (AvgIpc) is 2.56. The van der Waals surface area contributed by atoms with Crippen LogP contribution in [0.1, 0.15) is 38.7 Å². The van der Waals surface area contributed by atoms with E-state index < -0.39 is 0 Å². The Morgan fingerprint density at radius 2 is 2.04 bits per heavy atom. The van der Waals surface area contributed by atoms with Crippen molar-refractivity contribution >= 4 is 11.7 Å². The highest BCUT2D eigenvalue weighted by Crippen LogP contribution is 2.19. The van der Waals surface area contributed by atoms with E-state index >= 15 is 0 Å². The molecule has 0 radical (unpaired) electrons. The summed E-state index contributed by atoms with van der Waals surface area (Å²) in [6.07, 6.45) is 3.19. The number of urea groups is 1. The van der Waals surface area contributed by atoms with Crippen molar-refractivity contribution in [2.24, 2.45) is 5.92 Å². The van der Waals surface area contributed by atoms with Gasteiger partial charge in [0.25, 0.3) is 0 Å². The Labute approximate surface area is 145 Å². The third kappa shape index (κ3) is 5.20. The molecule has 0 aliphatic carbocycles. The Kier molecular flexibility index (Phi) is 6.60. The van der Waals surface area contributed by atoms with Gasteiger partial charge in [0, 0.05) is 24.8 Å². The molecule has 1 aliphatic heterocycles. The second kappa shape index (κ2) is 8.47. The van der Waals surface area contributed by atoms with E-state index in [1.165, 1.54) is 12.5 Å². The number of benzene rings is 1. The Bertz CT molecular complexity index is 554. The molecule has 24 heavy (non-hydrogen) atoms. The summed E-state index contributed by atoms with van der Waals surface area (Å²) < 4.78 is 13.6. The number of likely N-dealkylation sites (tertiary alicyclic amines) is 1. The number of piperidine rings is 1. The average molecular weight is 335 g/mol. The van der Waals surface area contributed by atoms with Gasteiger partial charge in [0.2, 0.25) is 0 Å². The van der Waals surface area contributed by atoms with Gasteiger partial charge in [-0.25, -0.2) is 9.18 Å². The number of nitrogens with one attached hydrogen (secondary N) is 1. The molecule has 0 bridgehead atoms. The second-order valence-electron chi connectivity index (χ2n) is 7.28. The fraction of sp³-hybridized carbons (Fsp3) is 0.632. The normalized spacial score (nSPS) is 16.0. The van der Waals surface area contributed by atoms with Crippen molar-refractivity contribution in [1.82, 2.24) is 9.80 Å². The lowest BCUT2D eigenvalue weighted by molar-refractivity contribution is 0.137. The maximum atomic E-state index is 13.6. The second-order valence-corrected chi connectivity index (χ2v) is 7.28. The molecular formula is C19H30FN3O. The number of anilines is 1. The van der Waals surface area contributed by atoms with Crippen LogP contribution in [0.3, 0.4) is 0 Å². The summed E-state index contributed by atoms with van der Waals surface area (Å²) in [4.78, 5) is 16.6. The van der Waals surface area contributed by atoms with Gasteiger partial charge in [0.15, 0.2) is 0 Å². The lowest BCUT2D eigenvalue weighted by atomic mass is 10.0. The van der Waals surface area contributed by atoms with Gasteiger partial charge in [-0.2, -0.15) is 0 Å². The number of halogens is 1. The molecule has 0 saturated carbocycles. The Balaban J connectivity index is 1.80. The van der Waals surface area contributed by atoms with Crippen molar-refractivity contribution in [2.75, 3.05) is 32.0 Å². The SMILES string of the molecule is Cc1ccc(NC(=O)N2CCC(N(C)CCC(C)C)CC2)cc1F. The Morgan fingerprint density at radius 1 is 1.38 bits per heavy atom. The largest absolute Gasteiger partial charge is 0.324 e. The molecule has 4 nitrogen and oxygen atoms in total. The third-order valence-electron chi connectivity index (χ3n) is 4.86. The van der Waals surface area contributed by atoms with Gasteiger partial charge in [-0.15, -0.1) is 0 Å². The summed E-state index contributed by atoms with van der Waals surface area (Å²) in [6.45, 7) is 8.80. The van der Waals surface area contributed by atoms with E-state index in [9.17, 15) is 9.18 Å². The highest BCUT2D eigenvalue weighted by atomic mass is 19.1. The quantitative estimate of drug-likeness (QED) is 0.879. The molecule has 0 unspecified atom stereocenters. The van der Waals surface area contributed by atoms with E-state index in [1.54, 1.807) is 19.1 Å². The molecule has 0 spiro atoms. The van der Waals surface area contributed by atoms with E-state index in [0.717, 1.165) is 32.5 Å². The monoisotopic (exact) mass is 335 g/mol. The molecule has 0 aromatic heterocycles. The number of aryl methyl sites for hydroxylation is 1. The molecule has 5 heteroatoms. The number of hydrogen-bond acceptors (Lipinski definition) is 2. The lowest BCUT2D eigenvalue weighted by Gasteiger charge is -2.37. The van der Waals surface area contributed by atoms with Crippen molar-refractivity contribution in [2.45, 2.75) is 46.1 Å². The van der Waals surface area contributed by atoms with Crippen LogP contribution in [-0.2, 0) is 0 Å². The first-order chi connectivity index (χ1) is 11.4. The lowest BCUT2D eigenvalue weighted by Crippen LogP contribution is -2.47. The third-order valence-corrected chi connectivity index (χ3v) is 4.86. The molecule has 134 valence electrons. The first kappa shape index (κ1) is 18.7. The van der Waals surface area contributed by atoms with E-state index in [2.05, 4.69) is 31.1 Å². The number of carbonyl (C=O) groups excluding carboxylic acids is 1. The smallest absolute Gasteiger partial charge is 0.321 e. The van der Waals surface area contributed by atoms with E-state index in [1.807, 2.05) is 4.90 Å². The molecule has 1 saturated heterocycles. The predicted molar refractivity (Wildman–Crippen MR) is 96.8 cm³/mol. The Hall–Kier alpha value is -1.62. The molecule has 1 aromatic carbocycles. The van der Waals surface area contributed by atoms with Gasteiger partial charge in [0.05, 0.1) is 0 Å². The molecule has 1 fully saturated rings. The van der Waals surface area contributed by atoms with Gasteiger partial charge in [-0.3, -0.25) is 0 Å². The van der Waals surface area contributed by atoms with Crippen molar-refractivity contribution in [3.05, 3.63) is 29.6 Å². The zero-order chi connectivity index (χ0) is 17.7. The predicted octanol–water partition coefficient (Wildman–Crippen LogP) is 4.11. The first-order valence-corrected chi connectivity index (χ1v) is 8.89. The van der Waals surface area contributed by atoms with E-state index in [0.29, 0.717) is 23.2 Å². The zero-order valence-corrected chi connectivity index (χ0v) is 15.3. The van der Waals surface area contributed by atoms with Gasteiger partial charge >= 0.3 is 6.03 Å². The minimum atomic E-state index is -0.293. The molecule has 2 rings (SSSR count). The van der Waals surface area contributed by atoms with Crippen LogP contribution in [0, 0.1) is 18.7 Å². The number of amides is 2. The summed E-state index contributed by atoms with van der Waals surface area (Å²) in [5.41, 5.74) is 1.09. The van der Waals surface area contributed by atoms with Crippen LogP contribution in [0.15, 0.2) is 18.2 Å². The van der Waals surface area contributed by atoms with Crippen molar-refractivity contribution in [3.8, 4) is 0 Å². The van der Waals surface area contributed by atoms with Crippen LogP contribution in [0.25, 0.3) is 0 Å². The number of nitrogens with zero attached hydrogens (tertiary/aromatic N) is 2. The number of hydrogen-bond donors (Lipinski definition) is 1. The molecule has 0 atom stereocenters. The van der Waals surface area contributed by atoms with Crippen LogP contribution in [0.4, 0.5) is 14.9 Å². The molecule has 1 N–H and O–H groups in total. The summed E-state index contributed by atoms with van der Waals surface area (Å²) in [5.74, 6) is 0.423. The van der Waals surface area contributed by atoms with Gasteiger partial charge in [0.1, 0.15) is 5.82 Å². The Morgan fingerprint density at radius 3 is 2.62 bits per heavy atom. The molecular weight excluding hydrogens is 305 g/mol. The van der Waals surface area contributed by atoms with Gasteiger partial charge in [-0.1, -0.05) is 19.9 Å². The van der Waals surface area contributed by atoms with Crippen LogP contribution in [0.5, 0.6) is 0 Å². The van der Waals surface area contributed by atoms with Crippen LogP contribution < -0.4 is 5.32 Å². The number of carbonyl (C=O) groups is 1. The van der Waals surface area contributed by atoms with Crippen molar-refractivity contribution in [3.63, 3.8) is 0 Å². The zero-order valence-electron chi connectivity index (χ0n) is 15.3. The van der Waals surface area contributed by atoms with E-state index in [-0.39, 0.29) is 11.8 Å². The fourth-order valence-corrected chi connectivity index (χ4v) is 3.03. The fourth-order valence-electron chi connectivity index (χ4n) is 3.03. The highest BCUT2D eigenvalue weighted by molar-refractivity contribution is 5.89. The van der Waals surface area contributed by atoms with Crippen molar-refractivity contribution in [1.29, 1.82) is 0 Å². The molecule has 2 amide bonds. The van der Waals surface area contributed by atoms with E-state index in [4.69, 9.17) is 0 Å². The summed E-state index contributed by atoms with van der Waals surface area (Å²) in [5, 5.41) is 2.80. The first-order valence-electron chi connectivity index (χ1n) is 8.89.